The Morgan fingerprint density at radius 3 is 1.86 bits per heavy atom. The minimum Gasteiger partial charge on any atom is -0.267 e. The SMILES string of the molecule is Cc1cc(C)n(-c2ccc(C(=O)NNC(=O)c3ccc([N+](=O)[O-])cc3)cc2)n1. The van der Waals surface area contributed by atoms with Gasteiger partial charge in [-0.2, -0.15) is 5.10 Å². The molecule has 28 heavy (non-hydrogen) atoms. The lowest BCUT2D eigenvalue weighted by atomic mass is 10.2. The Bertz CT molecular complexity index is 1040. The molecule has 0 saturated heterocycles. The molecule has 142 valence electrons. The molecule has 9 heteroatoms. The van der Waals surface area contributed by atoms with Crippen LogP contribution in [0.4, 0.5) is 5.69 Å². The second kappa shape index (κ2) is 7.70. The van der Waals surface area contributed by atoms with Crippen LogP contribution < -0.4 is 10.9 Å². The van der Waals surface area contributed by atoms with Gasteiger partial charge in [0.15, 0.2) is 0 Å². The van der Waals surface area contributed by atoms with Gasteiger partial charge >= 0.3 is 0 Å². The summed E-state index contributed by atoms with van der Waals surface area (Å²) in [6.45, 7) is 3.84. The van der Waals surface area contributed by atoms with Gasteiger partial charge in [-0.25, -0.2) is 4.68 Å². The van der Waals surface area contributed by atoms with E-state index in [4.69, 9.17) is 0 Å². The topological polar surface area (TPSA) is 119 Å². The number of nitrogens with one attached hydrogen (secondary N) is 2. The molecular weight excluding hydrogens is 362 g/mol. The van der Waals surface area contributed by atoms with Gasteiger partial charge in [-0.3, -0.25) is 30.6 Å². The fourth-order valence-corrected chi connectivity index (χ4v) is 2.64. The lowest BCUT2D eigenvalue weighted by Crippen LogP contribution is -2.41. The molecule has 0 saturated carbocycles. The molecule has 0 radical (unpaired) electrons. The van der Waals surface area contributed by atoms with E-state index in [9.17, 15) is 19.7 Å². The van der Waals surface area contributed by atoms with Crippen molar-refractivity contribution in [2.45, 2.75) is 13.8 Å². The first-order chi connectivity index (χ1) is 13.3. The molecule has 0 atom stereocenters. The number of aromatic nitrogens is 2. The number of hydrazine groups is 1. The molecule has 9 nitrogen and oxygen atoms in total. The third-order valence-electron chi connectivity index (χ3n) is 4.01. The van der Waals surface area contributed by atoms with E-state index in [-0.39, 0.29) is 11.3 Å². The van der Waals surface area contributed by atoms with Crippen molar-refractivity contribution < 1.29 is 14.5 Å². The third kappa shape index (κ3) is 4.04. The minimum absolute atomic E-state index is 0.122. The van der Waals surface area contributed by atoms with Gasteiger partial charge in [0.05, 0.1) is 16.3 Å². The molecule has 0 unspecified atom stereocenters. The molecule has 3 rings (SSSR count). The second-order valence-electron chi connectivity index (χ2n) is 6.10. The highest BCUT2D eigenvalue weighted by atomic mass is 16.6. The maximum absolute atomic E-state index is 12.2. The molecule has 2 N–H and O–H groups in total. The Hall–Kier alpha value is -4.01. The number of nitro benzene ring substituents is 1. The molecule has 1 heterocycles. The first kappa shape index (κ1) is 18.8. The van der Waals surface area contributed by atoms with E-state index < -0.39 is 16.7 Å². The van der Waals surface area contributed by atoms with E-state index in [1.807, 2.05) is 19.9 Å². The van der Waals surface area contributed by atoms with Gasteiger partial charge in [0.25, 0.3) is 17.5 Å². The highest BCUT2D eigenvalue weighted by Crippen LogP contribution is 2.13. The fourth-order valence-electron chi connectivity index (χ4n) is 2.64. The van der Waals surface area contributed by atoms with Crippen molar-refractivity contribution in [2.75, 3.05) is 0 Å². The van der Waals surface area contributed by atoms with Crippen LogP contribution in [0.1, 0.15) is 32.1 Å². The number of hydrogen-bond donors (Lipinski definition) is 2. The van der Waals surface area contributed by atoms with E-state index in [0.717, 1.165) is 17.1 Å². The van der Waals surface area contributed by atoms with Gasteiger partial charge in [-0.1, -0.05) is 0 Å². The summed E-state index contributed by atoms with van der Waals surface area (Å²) in [7, 11) is 0. The van der Waals surface area contributed by atoms with Crippen molar-refractivity contribution in [3.8, 4) is 5.69 Å². The Kier molecular flexibility index (Phi) is 5.16. The predicted octanol–water partition coefficient (Wildman–Crippen LogP) is 2.47. The van der Waals surface area contributed by atoms with Crippen molar-refractivity contribution >= 4 is 17.5 Å². The van der Waals surface area contributed by atoms with Gasteiger partial charge in [-0.05, 0) is 56.3 Å². The number of nitrogens with zero attached hydrogens (tertiary/aromatic N) is 3. The maximum atomic E-state index is 12.2. The van der Waals surface area contributed by atoms with Crippen LogP contribution in [-0.4, -0.2) is 26.5 Å². The van der Waals surface area contributed by atoms with Crippen LogP contribution in [0.5, 0.6) is 0 Å². The maximum Gasteiger partial charge on any atom is 0.269 e. The van der Waals surface area contributed by atoms with E-state index in [0.29, 0.717) is 5.56 Å². The smallest absolute Gasteiger partial charge is 0.267 e. The Balaban J connectivity index is 1.62. The van der Waals surface area contributed by atoms with Crippen LogP contribution in [0, 0.1) is 24.0 Å². The van der Waals surface area contributed by atoms with Gasteiger partial charge in [0.2, 0.25) is 0 Å². The molecule has 0 aliphatic rings. The largest absolute Gasteiger partial charge is 0.269 e. The van der Waals surface area contributed by atoms with Crippen LogP contribution in [0.25, 0.3) is 5.69 Å². The number of carbonyl (C=O) groups is 2. The standard InChI is InChI=1S/C19H17N5O4/c1-12-11-13(2)23(22-12)16-7-3-14(4-8-16)18(25)20-21-19(26)15-5-9-17(10-6-15)24(27)28/h3-11H,1-2H3,(H,20,25)(H,21,26). The van der Waals surface area contributed by atoms with Crippen LogP contribution in [0.3, 0.4) is 0 Å². The zero-order valence-electron chi connectivity index (χ0n) is 15.2. The molecule has 0 spiro atoms. The molecule has 1 aromatic heterocycles. The van der Waals surface area contributed by atoms with Gasteiger partial charge in [0, 0.05) is 29.0 Å². The van der Waals surface area contributed by atoms with E-state index in [2.05, 4.69) is 16.0 Å². The van der Waals surface area contributed by atoms with Crippen LogP contribution in [-0.2, 0) is 0 Å². The van der Waals surface area contributed by atoms with Crippen molar-refractivity contribution in [1.29, 1.82) is 0 Å². The average Bonchev–Trinajstić information content (AvgIpc) is 3.04. The third-order valence-corrected chi connectivity index (χ3v) is 4.01. The van der Waals surface area contributed by atoms with Gasteiger partial charge in [-0.15, -0.1) is 0 Å². The Labute approximate surface area is 160 Å². The van der Waals surface area contributed by atoms with Gasteiger partial charge in [0.1, 0.15) is 0 Å². The zero-order chi connectivity index (χ0) is 20.3. The molecule has 2 aromatic carbocycles. The monoisotopic (exact) mass is 379 g/mol. The van der Waals surface area contributed by atoms with Crippen LogP contribution in [0.15, 0.2) is 54.6 Å². The number of hydrogen-bond acceptors (Lipinski definition) is 5. The summed E-state index contributed by atoms with van der Waals surface area (Å²) in [5, 5.41) is 15.0. The summed E-state index contributed by atoms with van der Waals surface area (Å²) >= 11 is 0. The zero-order valence-corrected chi connectivity index (χ0v) is 15.2. The summed E-state index contributed by atoms with van der Waals surface area (Å²) in [6.07, 6.45) is 0. The number of amides is 2. The number of benzene rings is 2. The number of aryl methyl sites for hydroxylation is 2. The summed E-state index contributed by atoms with van der Waals surface area (Å²) in [5.41, 5.74) is 7.70. The predicted molar refractivity (Wildman–Crippen MR) is 101 cm³/mol. The van der Waals surface area contributed by atoms with Crippen molar-refractivity contribution in [2.24, 2.45) is 0 Å². The van der Waals surface area contributed by atoms with Crippen LogP contribution in [0.2, 0.25) is 0 Å². The normalized spacial score (nSPS) is 10.4. The molecule has 0 aliphatic heterocycles. The average molecular weight is 379 g/mol. The number of nitro groups is 1. The molecule has 3 aromatic rings. The second-order valence-corrected chi connectivity index (χ2v) is 6.10. The van der Waals surface area contributed by atoms with Crippen LogP contribution >= 0.6 is 0 Å². The summed E-state index contributed by atoms with van der Waals surface area (Å²) in [5.74, 6) is -1.07. The highest BCUT2D eigenvalue weighted by Gasteiger charge is 2.12. The lowest BCUT2D eigenvalue weighted by molar-refractivity contribution is -0.384. The molecule has 2 amide bonds. The van der Waals surface area contributed by atoms with E-state index >= 15 is 0 Å². The first-order valence-corrected chi connectivity index (χ1v) is 8.34. The lowest BCUT2D eigenvalue weighted by Gasteiger charge is -2.09. The van der Waals surface area contributed by atoms with Gasteiger partial charge < -0.3 is 0 Å². The Morgan fingerprint density at radius 1 is 0.929 bits per heavy atom. The highest BCUT2D eigenvalue weighted by molar-refractivity contribution is 5.99. The summed E-state index contributed by atoms with van der Waals surface area (Å²) in [6, 6.07) is 13.8. The number of carbonyl (C=O) groups excluding carboxylic acids is 2. The fraction of sp³-hybridized carbons (Fsp3) is 0.105. The van der Waals surface area contributed by atoms with Crippen molar-refractivity contribution in [3.05, 3.63) is 87.2 Å². The molecule has 0 bridgehead atoms. The van der Waals surface area contributed by atoms with E-state index in [1.54, 1.807) is 28.9 Å². The van der Waals surface area contributed by atoms with E-state index in [1.165, 1.54) is 24.3 Å². The van der Waals surface area contributed by atoms with Crippen molar-refractivity contribution in [1.82, 2.24) is 20.6 Å². The number of rotatable bonds is 4. The Morgan fingerprint density at radius 2 is 1.43 bits per heavy atom. The van der Waals surface area contributed by atoms with Crippen molar-refractivity contribution in [3.63, 3.8) is 0 Å². The quantitative estimate of drug-likeness (QED) is 0.533. The number of non-ortho nitro benzene ring substituents is 1. The first-order valence-electron chi connectivity index (χ1n) is 8.34. The summed E-state index contributed by atoms with van der Waals surface area (Å²) in [4.78, 5) is 34.3. The molecular formula is C19H17N5O4. The molecule has 0 fully saturated rings. The summed E-state index contributed by atoms with van der Waals surface area (Å²) < 4.78 is 1.77. The minimum atomic E-state index is -0.581. The molecule has 0 aliphatic carbocycles.